The minimum absolute atomic E-state index is 0.0240. The summed E-state index contributed by atoms with van der Waals surface area (Å²) in [4.78, 5) is 24.7. The van der Waals surface area contributed by atoms with Crippen molar-refractivity contribution in [1.29, 1.82) is 0 Å². The Hall–Kier alpha value is -2.56. The Balaban J connectivity index is 2.51. The number of rotatable bonds is 2. The van der Waals surface area contributed by atoms with Gasteiger partial charge in [-0.25, -0.2) is 4.79 Å². The number of carbonyl (C=O) groups is 2. The summed E-state index contributed by atoms with van der Waals surface area (Å²) in [5.41, 5.74) is 0.844. The largest absolute Gasteiger partial charge is 0.508 e. The van der Waals surface area contributed by atoms with Crippen LogP contribution in [0, 0.1) is 0 Å². The Morgan fingerprint density at radius 2 is 1.76 bits per heavy atom. The maximum Gasteiger partial charge on any atom is 0.342 e. The van der Waals surface area contributed by atoms with Crippen molar-refractivity contribution in [2.75, 3.05) is 6.61 Å². The average Bonchev–Trinajstić information content (AvgIpc) is 2.56. The Labute approximate surface area is 147 Å². The lowest BCUT2D eigenvalue weighted by molar-refractivity contribution is -0.114. The smallest absolute Gasteiger partial charge is 0.342 e. The number of phenolic OH excluding ortho intramolecular Hbond substituents is 2. The molecule has 1 aliphatic heterocycles. The van der Waals surface area contributed by atoms with E-state index in [0.29, 0.717) is 24.0 Å². The first-order valence-corrected chi connectivity index (χ1v) is 8.62. The second-order valence-corrected chi connectivity index (χ2v) is 6.02. The molecule has 5 heteroatoms. The third-order valence-electron chi connectivity index (χ3n) is 4.05. The van der Waals surface area contributed by atoms with Crippen LogP contribution in [-0.4, -0.2) is 28.6 Å². The molecule has 0 amide bonds. The Bertz CT molecular complexity index is 701. The van der Waals surface area contributed by atoms with Gasteiger partial charge >= 0.3 is 5.97 Å². The molecular formula is C20H24O5. The topological polar surface area (TPSA) is 83.8 Å². The lowest BCUT2D eigenvalue weighted by Gasteiger charge is -2.16. The van der Waals surface area contributed by atoms with Crippen LogP contribution >= 0.6 is 0 Å². The SMILES string of the molecule is CCCc1c(O)cc(O)c2c1CC(=O)/C=C/CC/C=C/CCOC2=O. The normalized spacial score (nSPS) is 18.8. The number of benzene rings is 1. The highest BCUT2D eigenvalue weighted by Gasteiger charge is 2.24. The van der Waals surface area contributed by atoms with Gasteiger partial charge in [0.05, 0.1) is 6.61 Å². The van der Waals surface area contributed by atoms with Crippen LogP contribution in [-0.2, 0) is 22.4 Å². The van der Waals surface area contributed by atoms with Crippen LogP contribution in [0.2, 0.25) is 0 Å². The van der Waals surface area contributed by atoms with Crippen LogP contribution in [0.1, 0.15) is 54.1 Å². The summed E-state index contributed by atoms with van der Waals surface area (Å²) in [5, 5.41) is 20.4. The number of cyclic esters (lactones) is 1. The molecule has 25 heavy (non-hydrogen) atoms. The molecule has 0 saturated heterocycles. The number of ether oxygens (including phenoxy) is 1. The first kappa shape index (κ1) is 18.8. The van der Waals surface area contributed by atoms with Crippen molar-refractivity contribution < 1.29 is 24.5 Å². The zero-order valence-corrected chi connectivity index (χ0v) is 14.5. The number of hydrogen-bond donors (Lipinski definition) is 2. The third-order valence-corrected chi connectivity index (χ3v) is 4.05. The van der Waals surface area contributed by atoms with Crippen molar-refractivity contribution >= 4 is 11.8 Å². The lowest BCUT2D eigenvalue weighted by Crippen LogP contribution is -2.14. The predicted molar refractivity (Wildman–Crippen MR) is 94.9 cm³/mol. The summed E-state index contributed by atoms with van der Waals surface area (Å²) in [7, 11) is 0. The molecule has 5 nitrogen and oxygen atoms in total. The minimum Gasteiger partial charge on any atom is -0.508 e. The molecule has 2 N–H and O–H groups in total. The van der Waals surface area contributed by atoms with Gasteiger partial charge in [-0.2, -0.15) is 0 Å². The molecule has 1 aromatic carbocycles. The van der Waals surface area contributed by atoms with Crippen LogP contribution in [0.4, 0.5) is 0 Å². The summed E-state index contributed by atoms with van der Waals surface area (Å²) in [6.07, 6.45) is 10.5. The number of fused-ring (bicyclic) bond motifs is 1. The molecule has 1 aromatic rings. The minimum atomic E-state index is -0.674. The molecule has 0 radical (unpaired) electrons. The van der Waals surface area contributed by atoms with Crippen LogP contribution in [0.25, 0.3) is 0 Å². The highest BCUT2D eigenvalue weighted by atomic mass is 16.5. The van der Waals surface area contributed by atoms with Gasteiger partial charge < -0.3 is 14.9 Å². The van der Waals surface area contributed by atoms with Crippen LogP contribution < -0.4 is 0 Å². The maximum absolute atomic E-state index is 12.5. The van der Waals surface area contributed by atoms with Gasteiger partial charge in [0.1, 0.15) is 17.1 Å². The van der Waals surface area contributed by atoms with E-state index < -0.39 is 5.97 Å². The zero-order valence-electron chi connectivity index (χ0n) is 14.5. The Kier molecular flexibility index (Phi) is 6.81. The average molecular weight is 344 g/mol. The molecule has 1 aliphatic rings. The molecule has 0 aliphatic carbocycles. The van der Waals surface area contributed by atoms with Crippen molar-refractivity contribution in [3.8, 4) is 11.5 Å². The van der Waals surface area contributed by atoms with E-state index in [1.54, 1.807) is 6.08 Å². The van der Waals surface area contributed by atoms with Crippen LogP contribution in [0.5, 0.6) is 11.5 Å². The fraction of sp³-hybridized carbons (Fsp3) is 0.400. The lowest BCUT2D eigenvalue weighted by atomic mass is 9.92. The fourth-order valence-corrected chi connectivity index (χ4v) is 2.87. The molecule has 0 aromatic heterocycles. The second-order valence-electron chi connectivity index (χ2n) is 6.02. The molecule has 1 heterocycles. The van der Waals surface area contributed by atoms with E-state index in [9.17, 15) is 19.8 Å². The first-order valence-electron chi connectivity index (χ1n) is 8.62. The van der Waals surface area contributed by atoms with Gasteiger partial charge in [0.15, 0.2) is 5.78 Å². The summed E-state index contributed by atoms with van der Waals surface area (Å²) >= 11 is 0. The summed E-state index contributed by atoms with van der Waals surface area (Å²) in [6.45, 7) is 2.14. The molecule has 0 fully saturated rings. The molecular weight excluding hydrogens is 320 g/mol. The van der Waals surface area contributed by atoms with E-state index in [0.717, 1.165) is 25.3 Å². The summed E-state index contributed by atoms with van der Waals surface area (Å²) < 4.78 is 5.24. The Morgan fingerprint density at radius 3 is 2.52 bits per heavy atom. The number of phenols is 2. The van der Waals surface area contributed by atoms with Crippen LogP contribution in [0.3, 0.4) is 0 Å². The highest BCUT2D eigenvalue weighted by Crippen LogP contribution is 2.34. The van der Waals surface area contributed by atoms with Crippen molar-refractivity contribution in [2.24, 2.45) is 0 Å². The molecule has 0 spiro atoms. The van der Waals surface area contributed by atoms with E-state index in [2.05, 4.69) is 0 Å². The van der Waals surface area contributed by atoms with Gasteiger partial charge in [-0.1, -0.05) is 31.6 Å². The van der Waals surface area contributed by atoms with E-state index in [4.69, 9.17) is 4.74 Å². The predicted octanol–water partition coefficient (Wildman–Crippen LogP) is 3.62. The fourth-order valence-electron chi connectivity index (χ4n) is 2.87. The van der Waals surface area contributed by atoms with Gasteiger partial charge in [-0.15, -0.1) is 0 Å². The monoisotopic (exact) mass is 344 g/mol. The second kappa shape index (κ2) is 9.06. The quantitative estimate of drug-likeness (QED) is 0.632. The van der Waals surface area contributed by atoms with E-state index >= 15 is 0 Å². The number of carbonyl (C=O) groups excluding carboxylic acids is 2. The maximum atomic E-state index is 12.5. The number of hydrogen-bond acceptors (Lipinski definition) is 5. The van der Waals surface area contributed by atoms with Crippen molar-refractivity contribution in [3.63, 3.8) is 0 Å². The third kappa shape index (κ3) is 4.95. The van der Waals surface area contributed by atoms with Gasteiger partial charge in [-0.3, -0.25) is 4.79 Å². The summed E-state index contributed by atoms with van der Waals surface area (Å²) in [6, 6.07) is 1.15. The zero-order chi connectivity index (χ0) is 18.2. The number of ketones is 1. The molecule has 0 unspecified atom stereocenters. The summed E-state index contributed by atoms with van der Waals surface area (Å²) in [5.74, 6) is -1.33. The van der Waals surface area contributed by atoms with Crippen molar-refractivity contribution in [3.05, 3.63) is 47.1 Å². The Morgan fingerprint density at radius 1 is 1.04 bits per heavy atom. The highest BCUT2D eigenvalue weighted by molar-refractivity contribution is 5.99. The van der Waals surface area contributed by atoms with Crippen molar-refractivity contribution in [1.82, 2.24) is 0 Å². The molecule has 0 saturated carbocycles. The van der Waals surface area contributed by atoms with Gasteiger partial charge in [-0.05, 0) is 42.9 Å². The van der Waals surface area contributed by atoms with Gasteiger partial charge in [0.2, 0.25) is 0 Å². The standard InChI is InChI=1S/C20H24O5/c1-2-9-15-16-12-14(21)10-7-5-3-4-6-8-11-25-20(24)19(16)18(23)13-17(15)22/h4,6-7,10,13,22-23H,2-3,5,8-9,11-12H2,1H3/b6-4+,10-7+. The van der Waals surface area contributed by atoms with Crippen molar-refractivity contribution in [2.45, 2.75) is 45.4 Å². The van der Waals surface area contributed by atoms with E-state index in [1.807, 2.05) is 19.1 Å². The van der Waals surface area contributed by atoms with Gasteiger partial charge in [0.25, 0.3) is 0 Å². The number of esters is 1. The molecule has 134 valence electrons. The molecule has 0 atom stereocenters. The van der Waals surface area contributed by atoms with E-state index in [-0.39, 0.29) is 35.9 Å². The number of aromatic hydroxyl groups is 2. The van der Waals surface area contributed by atoms with Gasteiger partial charge in [0, 0.05) is 12.5 Å². The van der Waals surface area contributed by atoms with E-state index in [1.165, 1.54) is 6.08 Å². The molecule has 2 rings (SSSR count). The first-order chi connectivity index (χ1) is 12.0. The number of allylic oxidation sites excluding steroid dienone is 3. The molecule has 0 bridgehead atoms. The van der Waals surface area contributed by atoms with Crippen LogP contribution in [0.15, 0.2) is 30.4 Å².